The largest absolute Gasteiger partial charge is 0.361 e. The highest BCUT2D eigenvalue weighted by Crippen LogP contribution is 2.19. The smallest absolute Gasteiger partial charge is 0.248 e. The number of aromatic amines is 1. The van der Waals surface area contributed by atoms with Gasteiger partial charge in [0.2, 0.25) is 11.9 Å². The summed E-state index contributed by atoms with van der Waals surface area (Å²) in [6.45, 7) is 5.97. The van der Waals surface area contributed by atoms with Crippen molar-refractivity contribution in [1.29, 1.82) is 0 Å². The minimum absolute atomic E-state index is 0.484. The van der Waals surface area contributed by atoms with Crippen molar-refractivity contribution in [3.63, 3.8) is 0 Å². The van der Waals surface area contributed by atoms with Crippen LogP contribution < -0.4 is 10.3 Å². The molecule has 0 spiro atoms. The van der Waals surface area contributed by atoms with E-state index in [2.05, 4.69) is 53.6 Å². The van der Waals surface area contributed by atoms with Crippen LogP contribution in [0.1, 0.15) is 56.5 Å². The van der Waals surface area contributed by atoms with E-state index < -0.39 is 0 Å². The monoisotopic (exact) mass is 470 g/mol. The number of hydrazone groups is 1. The number of H-pyrrole nitrogens is 1. The molecule has 3 aromatic heterocycles. The number of piperidine rings is 1. The molecule has 0 bridgehead atoms. The van der Waals surface area contributed by atoms with Crippen LogP contribution in [0.25, 0.3) is 10.9 Å². The number of rotatable bonds is 8. The van der Waals surface area contributed by atoms with Crippen molar-refractivity contribution in [3.8, 4) is 0 Å². The standard InChI is InChI=1S/C25H28N8.C2H6/c1-4-14-33(15-5-1)25-30-23(12-6-8-19-9-7-13-26-16-19)29-24(31-25)32-28-18-20-17-27-22-11-3-2-10-21(20)22;1-2/h2-3,7,9-11,13,16-18,27H,1,4-6,8,12,14-15H2,(H,29,30,31,32);1-2H3/b28-18+;. The number of anilines is 2. The van der Waals surface area contributed by atoms with Gasteiger partial charge in [0.05, 0.1) is 6.21 Å². The zero-order chi connectivity index (χ0) is 24.3. The van der Waals surface area contributed by atoms with E-state index in [4.69, 9.17) is 4.98 Å². The van der Waals surface area contributed by atoms with E-state index in [0.29, 0.717) is 5.95 Å². The van der Waals surface area contributed by atoms with Gasteiger partial charge in [-0.05, 0) is 49.8 Å². The van der Waals surface area contributed by atoms with Gasteiger partial charge >= 0.3 is 0 Å². The number of nitrogens with one attached hydrogen (secondary N) is 2. The minimum Gasteiger partial charge on any atom is -0.361 e. The molecular weight excluding hydrogens is 436 g/mol. The molecule has 1 saturated heterocycles. The molecule has 5 rings (SSSR count). The topological polar surface area (TPSA) is 95.0 Å². The molecule has 182 valence electrons. The average Bonchev–Trinajstić information content (AvgIpc) is 3.34. The second-order valence-corrected chi connectivity index (χ2v) is 8.30. The SMILES string of the molecule is C(=N\Nc1nc(CCCc2cccnc2)nc(N2CCCCC2)n1)/c1c[nH]c2ccccc12.CC. The van der Waals surface area contributed by atoms with Gasteiger partial charge in [0, 0.05) is 54.6 Å². The molecule has 35 heavy (non-hydrogen) atoms. The number of para-hydroxylation sites is 1. The van der Waals surface area contributed by atoms with E-state index in [0.717, 1.165) is 60.6 Å². The third kappa shape index (κ3) is 6.62. The van der Waals surface area contributed by atoms with E-state index in [1.807, 2.05) is 44.4 Å². The van der Waals surface area contributed by atoms with Crippen molar-refractivity contribution in [3.05, 3.63) is 71.9 Å². The van der Waals surface area contributed by atoms with E-state index in [9.17, 15) is 0 Å². The van der Waals surface area contributed by atoms with Crippen LogP contribution >= 0.6 is 0 Å². The maximum atomic E-state index is 4.78. The molecule has 0 radical (unpaired) electrons. The van der Waals surface area contributed by atoms with Crippen molar-refractivity contribution in [2.75, 3.05) is 23.4 Å². The molecule has 1 aliphatic rings. The molecule has 1 aliphatic heterocycles. The Balaban J connectivity index is 0.00000141. The highest BCUT2D eigenvalue weighted by atomic mass is 15.4. The number of hydrogen-bond donors (Lipinski definition) is 2. The number of aryl methyl sites for hydroxylation is 2. The van der Waals surface area contributed by atoms with Gasteiger partial charge < -0.3 is 9.88 Å². The zero-order valence-electron chi connectivity index (χ0n) is 20.6. The summed E-state index contributed by atoms with van der Waals surface area (Å²) in [5.74, 6) is 2.02. The highest BCUT2D eigenvalue weighted by molar-refractivity contribution is 5.99. The van der Waals surface area contributed by atoms with Gasteiger partial charge in [-0.25, -0.2) is 5.43 Å². The lowest BCUT2D eigenvalue weighted by Crippen LogP contribution is -2.31. The van der Waals surface area contributed by atoms with Gasteiger partial charge in [-0.3, -0.25) is 4.98 Å². The number of pyridine rings is 1. The van der Waals surface area contributed by atoms with Crippen LogP contribution in [0.2, 0.25) is 0 Å². The molecule has 0 aliphatic carbocycles. The molecule has 2 N–H and O–H groups in total. The van der Waals surface area contributed by atoms with Gasteiger partial charge in [-0.2, -0.15) is 20.1 Å². The molecule has 0 atom stereocenters. The predicted molar refractivity (Wildman–Crippen MR) is 143 cm³/mol. The van der Waals surface area contributed by atoms with E-state index in [-0.39, 0.29) is 0 Å². The molecule has 4 heterocycles. The van der Waals surface area contributed by atoms with Gasteiger partial charge in [-0.15, -0.1) is 0 Å². The number of fused-ring (bicyclic) bond motifs is 1. The zero-order valence-corrected chi connectivity index (χ0v) is 20.6. The molecule has 8 nitrogen and oxygen atoms in total. The first-order chi connectivity index (χ1) is 17.3. The van der Waals surface area contributed by atoms with Crippen molar-refractivity contribution < 1.29 is 0 Å². The fraction of sp³-hybridized carbons (Fsp3) is 0.370. The van der Waals surface area contributed by atoms with Crippen LogP contribution in [-0.2, 0) is 12.8 Å². The lowest BCUT2D eigenvalue weighted by atomic mass is 10.1. The van der Waals surface area contributed by atoms with Crippen LogP contribution in [0, 0.1) is 0 Å². The second kappa shape index (κ2) is 12.6. The van der Waals surface area contributed by atoms with Crippen LogP contribution in [0.3, 0.4) is 0 Å². The van der Waals surface area contributed by atoms with Gasteiger partial charge in [0.15, 0.2) is 0 Å². The molecule has 8 heteroatoms. The van der Waals surface area contributed by atoms with Gasteiger partial charge in [-0.1, -0.05) is 38.1 Å². The Morgan fingerprint density at radius 2 is 1.86 bits per heavy atom. The fourth-order valence-corrected chi connectivity index (χ4v) is 4.16. The Labute approximate surface area is 207 Å². The van der Waals surface area contributed by atoms with Crippen molar-refractivity contribution in [1.82, 2.24) is 24.9 Å². The predicted octanol–water partition coefficient (Wildman–Crippen LogP) is 5.39. The molecule has 0 amide bonds. The summed E-state index contributed by atoms with van der Waals surface area (Å²) in [6, 6.07) is 12.2. The number of nitrogens with zero attached hydrogens (tertiary/aromatic N) is 6. The molecule has 0 unspecified atom stereocenters. The van der Waals surface area contributed by atoms with E-state index in [1.54, 1.807) is 12.4 Å². The summed E-state index contributed by atoms with van der Waals surface area (Å²) in [5.41, 5.74) is 6.36. The average molecular weight is 471 g/mol. The van der Waals surface area contributed by atoms with Crippen LogP contribution in [0.4, 0.5) is 11.9 Å². The quantitative estimate of drug-likeness (QED) is 0.265. The first-order valence-electron chi connectivity index (χ1n) is 12.6. The van der Waals surface area contributed by atoms with Gasteiger partial charge in [0.25, 0.3) is 0 Å². The second-order valence-electron chi connectivity index (χ2n) is 8.30. The highest BCUT2D eigenvalue weighted by Gasteiger charge is 2.16. The van der Waals surface area contributed by atoms with Crippen molar-refractivity contribution in [2.45, 2.75) is 52.4 Å². The number of aromatic nitrogens is 5. The summed E-state index contributed by atoms with van der Waals surface area (Å²) < 4.78 is 0. The molecule has 1 aromatic carbocycles. The van der Waals surface area contributed by atoms with Gasteiger partial charge in [0.1, 0.15) is 5.82 Å². The Morgan fingerprint density at radius 1 is 1.00 bits per heavy atom. The van der Waals surface area contributed by atoms with Crippen molar-refractivity contribution >= 4 is 29.0 Å². The maximum absolute atomic E-state index is 4.78. The van der Waals surface area contributed by atoms with Crippen LogP contribution in [0.15, 0.2) is 60.1 Å². The van der Waals surface area contributed by atoms with Crippen LogP contribution in [-0.4, -0.2) is 44.2 Å². The van der Waals surface area contributed by atoms with E-state index in [1.165, 1.54) is 24.8 Å². The summed E-state index contributed by atoms with van der Waals surface area (Å²) in [5, 5.41) is 5.54. The van der Waals surface area contributed by atoms with Crippen LogP contribution in [0.5, 0.6) is 0 Å². The molecular formula is C27H34N8. The lowest BCUT2D eigenvalue weighted by molar-refractivity contribution is 0.565. The molecule has 1 fully saturated rings. The molecule has 4 aromatic rings. The number of hydrogen-bond acceptors (Lipinski definition) is 7. The maximum Gasteiger partial charge on any atom is 0.248 e. The fourth-order valence-electron chi connectivity index (χ4n) is 4.16. The Kier molecular flexibility index (Phi) is 8.75. The summed E-state index contributed by atoms with van der Waals surface area (Å²) in [4.78, 5) is 23.8. The number of benzene rings is 1. The Bertz CT molecular complexity index is 1210. The third-order valence-electron chi connectivity index (χ3n) is 5.89. The Hall–Kier alpha value is -3.81. The summed E-state index contributed by atoms with van der Waals surface area (Å²) >= 11 is 0. The van der Waals surface area contributed by atoms with E-state index >= 15 is 0 Å². The first-order valence-corrected chi connectivity index (χ1v) is 12.6. The van der Waals surface area contributed by atoms with Crippen molar-refractivity contribution in [2.24, 2.45) is 5.10 Å². The first kappa shape index (κ1) is 24.3. The normalized spacial score (nSPS) is 13.6. The third-order valence-corrected chi connectivity index (χ3v) is 5.89. The summed E-state index contributed by atoms with van der Waals surface area (Å²) in [6.07, 6.45) is 13.7. The summed E-state index contributed by atoms with van der Waals surface area (Å²) in [7, 11) is 0. The molecule has 0 saturated carbocycles. The minimum atomic E-state index is 0.484. The lowest BCUT2D eigenvalue weighted by Gasteiger charge is -2.26. The Morgan fingerprint density at radius 3 is 2.69 bits per heavy atom.